The van der Waals surface area contributed by atoms with Crippen LogP contribution < -0.4 is 5.43 Å². The van der Waals surface area contributed by atoms with E-state index >= 15 is 0 Å². The molecule has 0 aliphatic rings. The molecule has 0 amide bonds. The molecule has 0 fully saturated rings. The van der Waals surface area contributed by atoms with Gasteiger partial charge in [0.15, 0.2) is 0 Å². The van der Waals surface area contributed by atoms with Crippen molar-refractivity contribution < 1.29 is 0 Å². The number of rotatable bonds is 3. The minimum absolute atomic E-state index is 0.757. The minimum atomic E-state index is 0.757. The van der Waals surface area contributed by atoms with Crippen LogP contribution in [0.15, 0.2) is 53.8 Å². The zero-order valence-electron chi connectivity index (χ0n) is 9.09. The highest BCUT2D eigenvalue weighted by molar-refractivity contribution is 5.79. The topological polar surface area (TPSA) is 37.3 Å². The van der Waals surface area contributed by atoms with Crippen LogP contribution in [0.1, 0.15) is 11.1 Å². The number of pyridine rings is 1. The summed E-state index contributed by atoms with van der Waals surface area (Å²) in [6.45, 7) is 2.02. The molecule has 1 N–H and O–H groups in total. The highest BCUT2D eigenvalue weighted by atomic mass is 15.3. The molecule has 3 nitrogen and oxygen atoms in total. The highest BCUT2D eigenvalue weighted by Crippen LogP contribution is 2.04. The molecule has 1 aromatic carbocycles. The van der Waals surface area contributed by atoms with E-state index in [0.29, 0.717) is 0 Å². The fourth-order valence-electron chi connectivity index (χ4n) is 1.31. The smallest absolute Gasteiger partial charge is 0.146 e. The van der Waals surface area contributed by atoms with Gasteiger partial charge in [-0.05, 0) is 30.2 Å². The first kappa shape index (κ1) is 10.4. The molecule has 0 bridgehead atoms. The SMILES string of the molecule is Cc1ccnc(NN=Cc2ccccc2)c1. The summed E-state index contributed by atoms with van der Waals surface area (Å²) in [5.74, 6) is 0.757. The Kier molecular flexibility index (Phi) is 3.28. The second kappa shape index (κ2) is 5.07. The van der Waals surface area contributed by atoms with Gasteiger partial charge in [-0.2, -0.15) is 5.10 Å². The molecule has 0 aliphatic heterocycles. The van der Waals surface area contributed by atoms with Gasteiger partial charge in [0.1, 0.15) is 5.82 Å². The van der Waals surface area contributed by atoms with E-state index in [-0.39, 0.29) is 0 Å². The molecule has 0 atom stereocenters. The second-order valence-electron chi connectivity index (χ2n) is 3.50. The van der Waals surface area contributed by atoms with Gasteiger partial charge in [-0.25, -0.2) is 4.98 Å². The van der Waals surface area contributed by atoms with Gasteiger partial charge in [0.2, 0.25) is 0 Å². The van der Waals surface area contributed by atoms with Gasteiger partial charge < -0.3 is 0 Å². The van der Waals surface area contributed by atoms with Crippen molar-refractivity contribution in [1.82, 2.24) is 4.98 Å². The third-order valence-electron chi connectivity index (χ3n) is 2.11. The van der Waals surface area contributed by atoms with E-state index < -0.39 is 0 Å². The third-order valence-corrected chi connectivity index (χ3v) is 2.11. The number of nitrogens with one attached hydrogen (secondary N) is 1. The van der Waals surface area contributed by atoms with Gasteiger partial charge in [0.05, 0.1) is 6.21 Å². The number of hydrogen-bond acceptors (Lipinski definition) is 3. The Hall–Kier alpha value is -2.16. The largest absolute Gasteiger partial charge is 0.261 e. The summed E-state index contributed by atoms with van der Waals surface area (Å²) >= 11 is 0. The number of aromatic nitrogens is 1. The van der Waals surface area contributed by atoms with Gasteiger partial charge in [-0.15, -0.1) is 0 Å². The predicted octanol–water partition coefficient (Wildman–Crippen LogP) is 2.84. The van der Waals surface area contributed by atoms with Gasteiger partial charge >= 0.3 is 0 Å². The average molecular weight is 211 g/mol. The number of anilines is 1. The van der Waals surface area contributed by atoms with Crippen LogP contribution in [0.2, 0.25) is 0 Å². The summed E-state index contributed by atoms with van der Waals surface area (Å²) in [6.07, 6.45) is 3.53. The quantitative estimate of drug-likeness (QED) is 0.626. The van der Waals surface area contributed by atoms with Crippen molar-refractivity contribution in [1.29, 1.82) is 0 Å². The van der Waals surface area contributed by atoms with Crippen molar-refractivity contribution >= 4 is 12.0 Å². The molecular formula is C13H13N3. The third kappa shape index (κ3) is 2.92. The maximum Gasteiger partial charge on any atom is 0.146 e. The summed E-state index contributed by atoms with van der Waals surface area (Å²) in [5.41, 5.74) is 5.11. The number of nitrogens with zero attached hydrogens (tertiary/aromatic N) is 2. The molecule has 80 valence electrons. The summed E-state index contributed by atoms with van der Waals surface area (Å²) in [7, 11) is 0. The van der Waals surface area contributed by atoms with Crippen molar-refractivity contribution in [3.8, 4) is 0 Å². The van der Waals surface area contributed by atoms with Gasteiger partial charge in [-0.3, -0.25) is 5.43 Å². The number of hydrazone groups is 1. The Morgan fingerprint density at radius 2 is 2.00 bits per heavy atom. The Labute approximate surface area is 94.9 Å². The van der Waals surface area contributed by atoms with Crippen molar-refractivity contribution in [3.05, 3.63) is 59.8 Å². The number of benzene rings is 1. The van der Waals surface area contributed by atoms with E-state index in [1.54, 1.807) is 12.4 Å². The molecule has 1 aromatic heterocycles. The predicted molar refractivity (Wildman–Crippen MR) is 66.6 cm³/mol. The standard InChI is InChI=1S/C13H13N3/c1-11-7-8-14-13(9-11)16-15-10-12-5-3-2-4-6-12/h2-10H,1H3,(H,14,16). The number of aryl methyl sites for hydroxylation is 1. The molecular weight excluding hydrogens is 198 g/mol. The summed E-state index contributed by atoms with van der Waals surface area (Å²) in [4.78, 5) is 4.15. The molecule has 0 saturated carbocycles. The van der Waals surface area contributed by atoms with E-state index in [1.807, 2.05) is 49.4 Å². The lowest BCUT2D eigenvalue weighted by atomic mass is 10.2. The lowest BCUT2D eigenvalue weighted by Gasteiger charge is -1.99. The molecule has 3 heteroatoms. The molecule has 1 heterocycles. The van der Waals surface area contributed by atoms with Crippen LogP contribution in [0.5, 0.6) is 0 Å². The lowest BCUT2D eigenvalue weighted by Crippen LogP contribution is -1.93. The molecule has 2 aromatic rings. The molecule has 0 aliphatic carbocycles. The normalized spacial score (nSPS) is 10.6. The first-order valence-corrected chi connectivity index (χ1v) is 5.11. The van der Waals surface area contributed by atoms with Crippen LogP contribution in [0.4, 0.5) is 5.82 Å². The van der Waals surface area contributed by atoms with Crippen molar-refractivity contribution in [2.24, 2.45) is 5.10 Å². The zero-order chi connectivity index (χ0) is 11.2. The van der Waals surface area contributed by atoms with Crippen molar-refractivity contribution in [3.63, 3.8) is 0 Å². The molecule has 16 heavy (non-hydrogen) atoms. The fraction of sp³-hybridized carbons (Fsp3) is 0.0769. The molecule has 0 unspecified atom stereocenters. The second-order valence-corrected chi connectivity index (χ2v) is 3.50. The van der Waals surface area contributed by atoms with Crippen LogP contribution in [-0.4, -0.2) is 11.2 Å². The molecule has 2 rings (SSSR count). The van der Waals surface area contributed by atoms with Crippen LogP contribution in [-0.2, 0) is 0 Å². The zero-order valence-corrected chi connectivity index (χ0v) is 9.09. The summed E-state index contributed by atoms with van der Waals surface area (Å²) < 4.78 is 0. The Morgan fingerprint density at radius 1 is 1.19 bits per heavy atom. The van der Waals surface area contributed by atoms with Crippen LogP contribution >= 0.6 is 0 Å². The lowest BCUT2D eigenvalue weighted by molar-refractivity contribution is 1.21. The first-order chi connectivity index (χ1) is 7.84. The van der Waals surface area contributed by atoms with E-state index in [2.05, 4.69) is 15.5 Å². The van der Waals surface area contributed by atoms with Crippen molar-refractivity contribution in [2.45, 2.75) is 6.92 Å². The van der Waals surface area contributed by atoms with Crippen LogP contribution in [0.3, 0.4) is 0 Å². The molecule has 0 spiro atoms. The van der Waals surface area contributed by atoms with E-state index in [1.165, 1.54) is 0 Å². The summed E-state index contributed by atoms with van der Waals surface area (Å²) in [5, 5.41) is 4.12. The maximum absolute atomic E-state index is 4.15. The minimum Gasteiger partial charge on any atom is -0.261 e. The van der Waals surface area contributed by atoms with E-state index in [4.69, 9.17) is 0 Å². The molecule has 0 radical (unpaired) electrons. The summed E-state index contributed by atoms with van der Waals surface area (Å²) in [6, 6.07) is 13.8. The fourth-order valence-corrected chi connectivity index (χ4v) is 1.31. The Balaban J connectivity index is 2.00. The molecule has 0 saturated heterocycles. The Morgan fingerprint density at radius 3 is 2.75 bits per heavy atom. The van der Waals surface area contributed by atoms with Crippen LogP contribution in [0.25, 0.3) is 0 Å². The highest BCUT2D eigenvalue weighted by Gasteiger charge is 1.90. The van der Waals surface area contributed by atoms with E-state index in [9.17, 15) is 0 Å². The average Bonchev–Trinajstić information content (AvgIpc) is 2.30. The Bertz CT molecular complexity index is 478. The van der Waals surface area contributed by atoms with Crippen molar-refractivity contribution in [2.75, 3.05) is 5.43 Å². The van der Waals surface area contributed by atoms with Gasteiger partial charge in [-0.1, -0.05) is 30.3 Å². The van der Waals surface area contributed by atoms with Gasteiger partial charge in [0.25, 0.3) is 0 Å². The monoisotopic (exact) mass is 211 g/mol. The number of hydrogen-bond donors (Lipinski definition) is 1. The van der Waals surface area contributed by atoms with E-state index in [0.717, 1.165) is 16.9 Å². The maximum atomic E-state index is 4.15. The first-order valence-electron chi connectivity index (χ1n) is 5.11. The van der Waals surface area contributed by atoms with Gasteiger partial charge in [0, 0.05) is 6.20 Å². The van der Waals surface area contributed by atoms with Crippen LogP contribution in [0, 0.1) is 6.92 Å².